The zero-order chi connectivity index (χ0) is 10.3. The minimum absolute atomic E-state index is 0.174. The molecule has 1 aliphatic rings. The molecule has 1 aliphatic heterocycles. The fourth-order valence-electron chi connectivity index (χ4n) is 1.42. The van der Waals surface area contributed by atoms with E-state index in [2.05, 4.69) is 5.10 Å². The molecule has 0 saturated carbocycles. The Bertz CT molecular complexity index is 409. The van der Waals surface area contributed by atoms with Gasteiger partial charge in [0, 0.05) is 13.5 Å². The first-order valence-corrected chi connectivity index (χ1v) is 4.04. The molecule has 1 aromatic rings. The number of nitrogens with zero attached hydrogens (tertiary/aromatic N) is 2. The molecule has 1 aromatic heterocycles. The topological polar surface area (TPSA) is 81.4 Å². The Labute approximate surface area is 79.1 Å². The molecule has 0 radical (unpaired) electrons. The number of carboxylic acid groups (broad SMARTS) is 1. The van der Waals surface area contributed by atoms with Crippen LogP contribution in [0.5, 0.6) is 0 Å². The van der Waals surface area contributed by atoms with E-state index in [9.17, 15) is 9.59 Å². The molecule has 0 saturated heterocycles. The van der Waals surface area contributed by atoms with Crippen molar-refractivity contribution in [3.05, 3.63) is 17.5 Å². The Morgan fingerprint density at radius 3 is 3.14 bits per heavy atom. The van der Waals surface area contributed by atoms with Gasteiger partial charge in [0.2, 0.25) is 6.10 Å². The average molecular weight is 196 g/mol. The summed E-state index contributed by atoms with van der Waals surface area (Å²) >= 11 is 0. The second-order valence-electron chi connectivity index (χ2n) is 3.06. The molecule has 0 aromatic carbocycles. The highest BCUT2D eigenvalue weighted by atomic mass is 16.6. The van der Waals surface area contributed by atoms with Gasteiger partial charge in [-0.1, -0.05) is 0 Å². The van der Waals surface area contributed by atoms with Crippen molar-refractivity contribution >= 4 is 11.9 Å². The van der Waals surface area contributed by atoms with Gasteiger partial charge < -0.3 is 9.84 Å². The van der Waals surface area contributed by atoms with E-state index in [1.54, 1.807) is 7.05 Å². The Hall–Kier alpha value is -1.85. The van der Waals surface area contributed by atoms with Crippen molar-refractivity contribution in [2.45, 2.75) is 12.5 Å². The first-order chi connectivity index (χ1) is 6.59. The van der Waals surface area contributed by atoms with E-state index in [1.807, 2.05) is 0 Å². The molecule has 6 nitrogen and oxygen atoms in total. The first kappa shape index (κ1) is 8.74. The maximum atomic E-state index is 11.3. The van der Waals surface area contributed by atoms with Crippen LogP contribution in [-0.4, -0.2) is 32.9 Å². The van der Waals surface area contributed by atoms with Crippen molar-refractivity contribution in [3.63, 3.8) is 0 Å². The van der Waals surface area contributed by atoms with E-state index in [0.717, 1.165) is 0 Å². The number of carbonyl (C=O) groups is 2. The summed E-state index contributed by atoms with van der Waals surface area (Å²) in [4.78, 5) is 21.9. The maximum absolute atomic E-state index is 11.3. The van der Waals surface area contributed by atoms with Gasteiger partial charge in [0.05, 0.1) is 11.9 Å². The Morgan fingerprint density at radius 2 is 2.50 bits per heavy atom. The van der Waals surface area contributed by atoms with Gasteiger partial charge in [0.1, 0.15) is 5.56 Å². The largest absolute Gasteiger partial charge is 0.478 e. The number of aliphatic carboxylic acids is 1. The summed E-state index contributed by atoms with van der Waals surface area (Å²) in [5.41, 5.74) is 0.957. The van der Waals surface area contributed by atoms with Crippen molar-refractivity contribution in [2.24, 2.45) is 7.05 Å². The van der Waals surface area contributed by atoms with Gasteiger partial charge in [-0.25, -0.2) is 9.59 Å². The molecular formula is C8H8N2O4. The Morgan fingerprint density at radius 1 is 1.79 bits per heavy atom. The number of carbonyl (C=O) groups excluding carboxylic acids is 1. The number of rotatable bonds is 1. The molecule has 0 amide bonds. The number of aromatic nitrogens is 2. The summed E-state index contributed by atoms with van der Waals surface area (Å²) in [6, 6.07) is 0. The molecule has 1 N–H and O–H groups in total. The second kappa shape index (κ2) is 2.83. The third-order valence-electron chi connectivity index (χ3n) is 2.18. The fraction of sp³-hybridized carbons (Fsp3) is 0.375. The molecule has 2 rings (SSSR count). The number of carboxylic acids is 1. The number of fused-ring (bicyclic) bond motifs is 1. The first-order valence-electron chi connectivity index (χ1n) is 4.04. The van der Waals surface area contributed by atoms with E-state index < -0.39 is 18.0 Å². The molecule has 0 aliphatic carbocycles. The van der Waals surface area contributed by atoms with Crippen molar-refractivity contribution in [2.75, 3.05) is 0 Å². The summed E-state index contributed by atoms with van der Waals surface area (Å²) in [6.07, 6.45) is 0.466. The minimum Gasteiger partial charge on any atom is -0.478 e. The molecule has 1 unspecified atom stereocenters. The molecule has 1 atom stereocenters. The van der Waals surface area contributed by atoms with Crippen molar-refractivity contribution in [1.29, 1.82) is 0 Å². The van der Waals surface area contributed by atoms with Crippen LogP contribution < -0.4 is 0 Å². The van der Waals surface area contributed by atoms with Gasteiger partial charge in [-0.3, -0.25) is 4.68 Å². The number of esters is 1. The Balaban J connectivity index is 2.40. The zero-order valence-electron chi connectivity index (χ0n) is 7.43. The molecule has 0 fully saturated rings. The highest BCUT2D eigenvalue weighted by molar-refractivity contribution is 5.94. The number of ether oxygens (including phenoxy) is 1. The number of hydrogen-bond donors (Lipinski definition) is 1. The van der Waals surface area contributed by atoms with Crippen LogP contribution >= 0.6 is 0 Å². The number of hydrogen-bond acceptors (Lipinski definition) is 4. The van der Waals surface area contributed by atoms with Crippen LogP contribution in [0.15, 0.2) is 6.20 Å². The van der Waals surface area contributed by atoms with Crippen molar-refractivity contribution in [1.82, 2.24) is 9.78 Å². The molecule has 0 spiro atoms. The van der Waals surface area contributed by atoms with Gasteiger partial charge in [0.25, 0.3) is 0 Å². The molecule has 2 heterocycles. The van der Waals surface area contributed by atoms with Crippen molar-refractivity contribution < 1.29 is 19.4 Å². The third kappa shape index (κ3) is 1.15. The summed E-state index contributed by atoms with van der Waals surface area (Å²) < 4.78 is 6.19. The molecule has 0 bridgehead atoms. The third-order valence-corrected chi connectivity index (χ3v) is 2.18. The van der Waals surface area contributed by atoms with Crippen LogP contribution in [-0.2, 0) is 23.0 Å². The fourth-order valence-corrected chi connectivity index (χ4v) is 1.42. The lowest BCUT2D eigenvalue weighted by Crippen LogP contribution is -2.34. The molecule has 14 heavy (non-hydrogen) atoms. The quantitative estimate of drug-likeness (QED) is 0.617. The monoisotopic (exact) mass is 196 g/mol. The maximum Gasteiger partial charge on any atom is 0.345 e. The van der Waals surface area contributed by atoms with Crippen LogP contribution in [0, 0.1) is 0 Å². The summed E-state index contributed by atoms with van der Waals surface area (Å²) in [7, 11) is 1.66. The van der Waals surface area contributed by atoms with Gasteiger partial charge in [-0.05, 0) is 0 Å². The van der Waals surface area contributed by atoms with Crippen LogP contribution in [0.1, 0.15) is 16.1 Å². The predicted molar refractivity (Wildman–Crippen MR) is 43.8 cm³/mol. The highest BCUT2D eigenvalue weighted by Crippen LogP contribution is 2.19. The lowest BCUT2D eigenvalue weighted by atomic mass is 10.1. The lowest BCUT2D eigenvalue weighted by Gasteiger charge is -2.19. The van der Waals surface area contributed by atoms with Gasteiger partial charge in [-0.15, -0.1) is 0 Å². The minimum atomic E-state index is -1.13. The normalized spacial score (nSPS) is 20.1. The molecule has 74 valence electrons. The molecule has 6 heteroatoms. The standard InChI is InChI=1S/C8H8N2O4/c1-10-5-2-6(7(11)12)14-8(13)4(5)3-9-10/h3,6H,2H2,1H3,(H,11,12). The smallest absolute Gasteiger partial charge is 0.345 e. The van der Waals surface area contributed by atoms with Crippen LogP contribution in [0.4, 0.5) is 0 Å². The second-order valence-corrected chi connectivity index (χ2v) is 3.06. The van der Waals surface area contributed by atoms with Crippen LogP contribution in [0.2, 0.25) is 0 Å². The van der Waals surface area contributed by atoms with E-state index in [1.165, 1.54) is 10.9 Å². The summed E-state index contributed by atoms with van der Waals surface area (Å²) in [5.74, 6) is -1.75. The SMILES string of the molecule is Cn1ncc2c1CC(C(=O)O)OC2=O. The van der Waals surface area contributed by atoms with Gasteiger partial charge in [-0.2, -0.15) is 5.10 Å². The summed E-state index contributed by atoms with van der Waals surface area (Å²) in [5, 5.41) is 12.6. The van der Waals surface area contributed by atoms with E-state index in [4.69, 9.17) is 9.84 Å². The van der Waals surface area contributed by atoms with E-state index in [-0.39, 0.29) is 6.42 Å². The van der Waals surface area contributed by atoms with E-state index in [0.29, 0.717) is 11.3 Å². The number of aryl methyl sites for hydroxylation is 1. The van der Waals surface area contributed by atoms with Crippen molar-refractivity contribution in [3.8, 4) is 0 Å². The molecular weight excluding hydrogens is 188 g/mol. The van der Waals surface area contributed by atoms with Gasteiger partial charge in [0.15, 0.2) is 0 Å². The average Bonchev–Trinajstić information content (AvgIpc) is 2.48. The lowest BCUT2D eigenvalue weighted by molar-refractivity contribution is -0.147. The van der Waals surface area contributed by atoms with Gasteiger partial charge >= 0.3 is 11.9 Å². The van der Waals surface area contributed by atoms with Crippen LogP contribution in [0.3, 0.4) is 0 Å². The number of cyclic esters (lactones) is 1. The van der Waals surface area contributed by atoms with Crippen LogP contribution in [0.25, 0.3) is 0 Å². The van der Waals surface area contributed by atoms with E-state index >= 15 is 0 Å². The summed E-state index contributed by atoms with van der Waals surface area (Å²) in [6.45, 7) is 0. The Kier molecular flexibility index (Phi) is 1.77. The predicted octanol–water partition coefficient (Wildman–Crippen LogP) is -0.414. The highest BCUT2D eigenvalue weighted by Gasteiger charge is 2.33. The zero-order valence-corrected chi connectivity index (χ0v) is 7.43.